The molecule has 106 valence electrons. The van der Waals surface area contributed by atoms with Gasteiger partial charge in [-0.15, -0.1) is 0 Å². The molecular formula is C17H24N3+. The van der Waals surface area contributed by atoms with Gasteiger partial charge in [0.1, 0.15) is 5.69 Å². The van der Waals surface area contributed by atoms with Gasteiger partial charge in [-0.25, -0.2) is 0 Å². The minimum Gasteiger partial charge on any atom is -0.364 e. The third-order valence-corrected chi connectivity index (χ3v) is 3.97. The molecule has 0 spiro atoms. The molecule has 0 radical (unpaired) electrons. The Labute approximate surface area is 121 Å². The second kappa shape index (κ2) is 5.06. The molecule has 1 fully saturated rings. The van der Waals surface area contributed by atoms with E-state index in [9.17, 15) is 0 Å². The van der Waals surface area contributed by atoms with Crippen LogP contribution in [0.15, 0.2) is 36.5 Å². The minimum atomic E-state index is 0.0870. The molecule has 0 bridgehead atoms. The summed E-state index contributed by atoms with van der Waals surface area (Å²) in [5.41, 5.74) is 2.72. The quantitative estimate of drug-likeness (QED) is 0.802. The van der Waals surface area contributed by atoms with Crippen molar-refractivity contribution in [2.45, 2.75) is 26.3 Å². The lowest BCUT2D eigenvalue weighted by Crippen LogP contribution is -2.51. The third kappa shape index (κ3) is 2.50. The summed E-state index contributed by atoms with van der Waals surface area (Å²) in [5, 5.41) is 4.74. The normalized spacial score (nSPS) is 16.6. The van der Waals surface area contributed by atoms with Crippen molar-refractivity contribution in [3.05, 3.63) is 36.5 Å². The molecule has 2 heterocycles. The highest BCUT2D eigenvalue weighted by Gasteiger charge is 2.26. The Bertz CT molecular complexity index is 607. The molecule has 1 aromatic carbocycles. The lowest BCUT2D eigenvalue weighted by atomic mass is 10.1. The van der Waals surface area contributed by atoms with Crippen molar-refractivity contribution in [3.63, 3.8) is 0 Å². The average Bonchev–Trinajstić information content (AvgIpc) is 2.46. The highest BCUT2D eigenvalue weighted by atomic mass is 15.2. The van der Waals surface area contributed by atoms with Crippen LogP contribution in [0.4, 0.5) is 5.69 Å². The van der Waals surface area contributed by atoms with Gasteiger partial charge < -0.3 is 10.2 Å². The number of piperazine rings is 1. The van der Waals surface area contributed by atoms with Gasteiger partial charge in [0.15, 0.2) is 11.7 Å². The summed E-state index contributed by atoms with van der Waals surface area (Å²) in [6.07, 6.45) is 2.31. The largest absolute Gasteiger partial charge is 0.364 e. The van der Waals surface area contributed by atoms with Crippen LogP contribution < -0.4 is 14.8 Å². The molecule has 1 aliphatic rings. The lowest BCUT2D eigenvalue weighted by molar-refractivity contribution is -0.730. The fourth-order valence-corrected chi connectivity index (χ4v) is 2.88. The SMILES string of the molecule is CC(C)(C)[n+]1cc(N2CCNCC2)cc2ccccc21. The van der Waals surface area contributed by atoms with Crippen LogP contribution in [0.25, 0.3) is 10.9 Å². The predicted molar refractivity (Wildman–Crippen MR) is 84.2 cm³/mol. The van der Waals surface area contributed by atoms with E-state index in [4.69, 9.17) is 0 Å². The van der Waals surface area contributed by atoms with E-state index in [1.807, 2.05) is 0 Å². The maximum atomic E-state index is 3.42. The Morgan fingerprint density at radius 2 is 1.80 bits per heavy atom. The number of pyridine rings is 1. The molecule has 3 nitrogen and oxygen atoms in total. The van der Waals surface area contributed by atoms with Gasteiger partial charge in [-0.2, -0.15) is 4.57 Å². The first kappa shape index (κ1) is 13.4. The van der Waals surface area contributed by atoms with E-state index in [1.165, 1.54) is 16.6 Å². The van der Waals surface area contributed by atoms with Crippen LogP contribution in [-0.4, -0.2) is 26.2 Å². The molecule has 0 saturated carbocycles. The van der Waals surface area contributed by atoms with Crippen molar-refractivity contribution in [3.8, 4) is 0 Å². The topological polar surface area (TPSA) is 19.1 Å². The zero-order chi connectivity index (χ0) is 14.2. The van der Waals surface area contributed by atoms with Crippen LogP contribution in [0.3, 0.4) is 0 Å². The van der Waals surface area contributed by atoms with Crippen LogP contribution in [0.1, 0.15) is 20.8 Å². The number of rotatable bonds is 1. The molecule has 0 atom stereocenters. The number of anilines is 1. The molecule has 0 aliphatic carbocycles. The Hall–Kier alpha value is -1.61. The van der Waals surface area contributed by atoms with Crippen molar-refractivity contribution in [1.29, 1.82) is 0 Å². The minimum absolute atomic E-state index is 0.0870. The molecule has 0 amide bonds. The van der Waals surface area contributed by atoms with Crippen LogP contribution in [0.5, 0.6) is 0 Å². The second-order valence-corrected chi connectivity index (χ2v) is 6.53. The predicted octanol–water partition coefficient (Wildman–Crippen LogP) is 2.29. The number of hydrogen-bond donors (Lipinski definition) is 1. The Balaban J connectivity index is 2.14. The fraction of sp³-hybridized carbons (Fsp3) is 0.471. The van der Waals surface area contributed by atoms with Crippen molar-refractivity contribution >= 4 is 16.6 Å². The summed E-state index contributed by atoms with van der Waals surface area (Å²) in [7, 11) is 0. The van der Waals surface area contributed by atoms with Crippen LogP contribution in [0, 0.1) is 0 Å². The monoisotopic (exact) mass is 270 g/mol. The summed E-state index contributed by atoms with van der Waals surface area (Å²) in [4.78, 5) is 2.48. The van der Waals surface area contributed by atoms with Crippen LogP contribution in [0.2, 0.25) is 0 Å². The summed E-state index contributed by atoms with van der Waals surface area (Å²) in [6, 6.07) is 11.0. The smallest absolute Gasteiger partial charge is 0.213 e. The van der Waals surface area contributed by atoms with Gasteiger partial charge in [0, 0.05) is 58.4 Å². The van der Waals surface area contributed by atoms with E-state index in [0.717, 1.165) is 26.2 Å². The van der Waals surface area contributed by atoms with Crippen molar-refractivity contribution < 1.29 is 4.57 Å². The molecular weight excluding hydrogens is 246 g/mol. The van der Waals surface area contributed by atoms with E-state index in [-0.39, 0.29) is 5.54 Å². The molecule has 20 heavy (non-hydrogen) atoms. The van der Waals surface area contributed by atoms with E-state index in [1.54, 1.807) is 0 Å². The van der Waals surface area contributed by atoms with Gasteiger partial charge in [0.2, 0.25) is 5.52 Å². The van der Waals surface area contributed by atoms with Gasteiger partial charge in [0.05, 0.1) is 0 Å². The first-order valence-corrected chi connectivity index (χ1v) is 7.46. The number of nitrogens with one attached hydrogen (secondary N) is 1. The first-order valence-electron chi connectivity index (χ1n) is 7.46. The molecule has 1 aliphatic heterocycles. The Morgan fingerprint density at radius 3 is 2.50 bits per heavy atom. The number of hydrogen-bond acceptors (Lipinski definition) is 2. The molecule has 1 saturated heterocycles. The standard InChI is InChI=1S/C17H24N3/c1-17(2,3)20-13-15(19-10-8-18-9-11-19)12-14-6-4-5-7-16(14)20/h4-7,12-13,18H,8-11H2,1-3H3/q+1. The number of benzene rings is 1. The molecule has 3 rings (SSSR count). The van der Waals surface area contributed by atoms with E-state index in [0.29, 0.717) is 0 Å². The molecule has 1 N–H and O–H groups in total. The van der Waals surface area contributed by atoms with Gasteiger partial charge in [-0.05, 0) is 12.1 Å². The molecule has 1 aromatic heterocycles. The van der Waals surface area contributed by atoms with Crippen LogP contribution >= 0.6 is 0 Å². The van der Waals surface area contributed by atoms with Gasteiger partial charge in [-0.1, -0.05) is 12.1 Å². The summed E-state index contributed by atoms with van der Waals surface area (Å²) >= 11 is 0. The average molecular weight is 270 g/mol. The summed E-state index contributed by atoms with van der Waals surface area (Å²) < 4.78 is 2.40. The van der Waals surface area contributed by atoms with E-state index >= 15 is 0 Å². The summed E-state index contributed by atoms with van der Waals surface area (Å²) in [6.45, 7) is 11.1. The molecule has 2 aromatic rings. The third-order valence-electron chi connectivity index (χ3n) is 3.97. The van der Waals surface area contributed by atoms with E-state index < -0.39 is 0 Å². The highest BCUT2D eigenvalue weighted by molar-refractivity contribution is 5.78. The Kier molecular flexibility index (Phi) is 3.38. The Morgan fingerprint density at radius 1 is 1.10 bits per heavy atom. The number of fused-ring (bicyclic) bond motifs is 1. The highest BCUT2D eigenvalue weighted by Crippen LogP contribution is 2.21. The van der Waals surface area contributed by atoms with Gasteiger partial charge in [0.25, 0.3) is 0 Å². The molecule has 3 heteroatoms. The van der Waals surface area contributed by atoms with Crippen LogP contribution in [-0.2, 0) is 5.54 Å². The maximum absolute atomic E-state index is 3.42. The second-order valence-electron chi connectivity index (χ2n) is 6.53. The van der Waals surface area contributed by atoms with Crippen molar-refractivity contribution in [2.24, 2.45) is 0 Å². The first-order chi connectivity index (χ1) is 9.55. The molecule has 0 unspecified atom stereocenters. The van der Waals surface area contributed by atoms with Crippen molar-refractivity contribution in [2.75, 3.05) is 31.1 Å². The van der Waals surface area contributed by atoms with Crippen molar-refractivity contribution in [1.82, 2.24) is 5.32 Å². The van der Waals surface area contributed by atoms with E-state index in [2.05, 4.69) is 72.1 Å². The fourth-order valence-electron chi connectivity index (χ4n) is 2.88. The zero-order valence-corrected chi connectivity index (χ0v) is 12.7. The maximum Gasteiger partial charge on any atom is 0.213 e. The van der Waals surface area contributed by atoms with Gasteiger partial charge in [-0.3, -0.25) is 0 Å². The number of para-hydroxylation sites is 1. The van der Waals surface area contributed by atoms with Gasteiger partial charge >= 0.3 is 0 Å². The lowest BCUT2D eigenvalue weighted by Gasteiger charge is -2.29. The number of aromatic nitrogens is 1. The summed E-state index contributed by atoms with van der Waals surface area (Å²) in [5.74, 6) is 0. The zero-order valence-electron chi connectivity index (χ0n) is 12.7. The number of nitrogens with zero attached hydrogens (tertiary/aromatic N) is 2.